The van der Waals surface area contributed by atoms with Gasteiger partial charge in [0.1, 0.15) is 12.1 Å². The molecule has 3 N–H and O–H groups in total. The number of carbonyl (C=O) groups is 4. The first kappa shape index (κ1) is 35.1. The molecule has 0 aliphatic rings. The van der Waals surface area contributed by atoms with Crippen molar-refractivity contribution in [2.45, 2.75) is 72.4 Å². The van der Waals surface area contributed by atoms with Crippen LogP contribution in [0.15, 0.2) is 48.5 Å². The number of carboxylic acid groups (broad SMARTS) is 1. The second-order valence-corrected chi connectivity index (χ2v) is 11.2. The molecule has 0 bridgehead atoms. The van der Waals surface area contributed by atoms with E-state index in [0.29, 0.717) is 29.9 Å². The van der Waals surface area contributed by atoms with Crippen LogP contribution in [0.5, 0.6) is 11.5 Å². The smallest absolute Gasteiger partial charge is 0.480 e. The van der Waals surface area contributed by atoms with Gasteiger partial charge in [-0.2, -0.15) is 0 Å². The largest absolute Gasteiger partial charge is 0.513 e. The van der Waals surface area contributed by atoms with Crippen LogP contribution in [0.3, 0.4) is 0 Å². The summed E-state index contributed by atoms with van der Waals surface area (Å²) in [5.41, 5.74) is 6.82. The van der Waals surface area contributed by atoms with E-state index in [1.54, 1.807) is 44.2 Å². The minimum Gasteiger partial charge on any atom is -0.480 e. The van der Waals surface area contributed by atoms with E-state index in [1.165, 1.54) is 18.2 Å². The van der Waals surface area contributed by atoms with Gasteiger partial charge in [-0.3, -0.25) is 4.79 Å². The number of carbonyl (C=O) groups excluding carboxylic acids is 3. The minimum atomic E-state index is -1.42. The predicted molar refractivity (Wildman–Crippen MR) is 158 cm³/mol. The fourth-order valence-corrected chi connectivity index (χ4v) is 4.09. The molecule has 0 aliphatic carbocycles. The monoisotopic (exact) mass is 601 g/mol. The Labute approximate surface area is 252 Å². The zero-order chi connectivity index (χ0) is 32.1. The molecule has 0 saturated heterocycles. The molecule has 0 saturated carbocycles. The summed E-state index contributed by atoms with van der Waals surface area (Å²) < 4.78 is 26.6. The first-order valence-electron chi connectivity index (χ1n) is 14.4. The van der Waals surface area contributed by atoms with Crippen molar-refractivity contribution in [3.8, 4) is 11.5 Å². The summed E-state index contributed by atoms with van der Waals surface area (Å²) in [6.45, 7) is 11.5. The van der Waals surface area contributed by atoms with Crippen LogP contribution in [-0.2, 0) is 19.0 Å². The van der Waals surface area contributed by atoms with Crippen molar-refractivity contribution < 1.29 is 48.0 Å². The number of rotatable bonds is 15. The van der Waals surface area contributed by atoms with Crippen molar-refractivity contribution in [1.82, 2.24) is 0 Å². The third-order valence-electron chi connectivity index (χ3n) is 6.85. The highest BCUT2D eigenvalue weighted by molar-refractivity contribution is 5.89. The van der Waals surface area contributed by atoms with Gasteiger partial charge >= 0.3 is 24.2 Å². The Balaban J connectivity index is 2.38. The highest BCUT2D eigenvalue weighted by atomic mass is 16.7. The van der Waals surface area contributed by atoms with Gasteiger partial charge in [0.25, 0.3) is 0 Å². The maximum Gasteiger partial charge on any atom is 0.513 e. The van der Waals surface area contributed by atoms with Crippen LogP contribution in [0.4, 0.5) is 9.59 Å². The summed E-state index contributed by atoms with van der Waals surface area (Å²) in [6, 6.07) is 11.2. The molecule has 0 amide bonds. The van der Waals surface area contributed by atoms with E-state index in [0.717, 1.165) is 0 Å². The van der Waals surface area contributed by atoms with E-state index in [1.807, 2.05) is 27.7 Å². The van der Waals surface area contributed by atoms with Gasteiger partial charge in [-0.25, -0.2) is 14.4 Å². The average Bonchev–Trinajstić information content (AvgIpc) is 2.94. The topological polar surface area (TPSA) is 161 Å². The number of aliphatic carboxylic acids is 1. The second-order valence-electron chi connectivity index (χ2n) is 11.2. The lowest BCUT2D eigenvalue weighted by molar-refractivity contribution is -0.139. The number of nitrogens with two attached hydrogens (primary N) is 1. The molecular weight excluding hydrogens is 558 g/mol. The average molecular weight is 602 g/mol. The summed E-state index contributed by atoms with van der Waals surface area (Å²) in [7, 11) is 0. The van der Waals surface area contributed by atoms with Gasteiger partial charge in [-0.15, -0.1) is 0 Å². The van der Waals surface area contributed by atoms with Gasteiger partial charge in [-0.1, -0.05) is 58.9 Å². The molecule has 4 atom stereocenters. The predicted octanol–water partition coefficient (Wildman–Crippen LogP) is 6.19. The molecule has 0 heterocycles. The van der Waals surface area contributed by atoms with Gasteiger partial charge in [-0.05, 0) is 61.4 Å². The fourth-order valence-electron chi connectivity index (χ4n) is 4.09. The quantitative estimate of drug-likeness (QED) is 0.136. The summed E-state index contributed by atoms with van der Waals surface area (Å²) >= 11 is 0. The highest BCUT2D eigenvalue weighted by Gasteiger charge is 2.36. The van der Waals surface area contributed by atoms with E-state index >= 15 is 0 Å². The second kappa shape index (κ2) is 17.1. The SMILES string of the molecule is CC(C)CCOC(=O)Oc1ccc(C(C(C)C(C)OC(=O)c2ccccc2)[C@H](N)C(=O)O)cc1OC(=O)OCCC(C)C. The zero-order valence-electron chi connectivity index (χ0n) is 25.6. The van der Waals surface area contributed by atoms with Crippen LogP contribution in [-0.4, -0.2) is 54.7 Å². The number of hydrogen-bond acceptors (Lipinski definition) is 10. The van der Waals surface area contributed by atoms with Crippen LogP contribution in [0.1, 0.15) is 76.2 Å². The number of benzene rings is 2. The first-order valence-corrected chi connectivity index (χ1v) is 14.4. The fraction of sp³-hybridized carbons (Fsp3) is 0.500. The maximum atomic E-state index is 12.7. The third-order valence-corrected chi connectivity index (χ3v) is 6.85. The molecule has 0 fully saturated rings. The molecule has 0 aromatic heterocycles. The molecule has 0 aliphatic heterocycles. The van der Waals surface area contributed by atoms with Crippen LogP contribution in [0.25, 0.3) is 0 Å². The van der Waals surface area contributed by atoms with Gasteiger partial charge in [0.15, 0.2) is 11.5 Å². The van der Waals surface area contributed by atoms with Crippen molar-refractivity contribution in [3.05, 3.63) is 59.7 Å². The van der Waals surface area contributed by atoms with Crippen molar-refractivity contribution in [1.29, 1.82) is 0 Å². The molecule has 2 aromatic carbocycles. The maximum absolute atomic E-state index is 12.7. The van der Waals surface area contributed by atoms with Gasteiger partial charge < -0.3 is 34.5 Å². The Kier molecular flexibility index (Phi) is 14.0. The molecular formula is C32H43NO10. The lowest BCUT2D eigenvalue weighted by atomic mass is 9.79. The summed E-state index contributed by atoms with van der Waals surface area (Å²) in [4.78, 5) is 49.6. The summed E-state index contributed by atoms with van der Waals surface area (Å²) in [6.07, 6.45) is -1.57. The van der Waals surface area contributed by atoms with E-state index in [-0.39, 0.29) is 30.6 Å². The van der Waals surface area contributed by atoms with Crippen LogP contribution in [0.2, 0.25) is 0 Å². The normalized spacial score (nSPS) is 13.9. The lowest BCUT2D eigenvalue weighted by Crippen LogP contribution is -2.42. The summed E-state index contributed by atoms with van der Waals surface area (Å²) in [5.74, 6) is -3.14. The molecule has 3 unspecified atom stereocenters. The third kappa shape index (κ3) is 11.6. The summed E-state index contributed by atoms with van der Waals surface area (Å²) in [5, 5.41) is 9.83. The standard InChI is InChI=1S/C32H43NO10/c1-19(2)14-16-39-31(37)42-25-13-12-24(18-26(25)43-32(38)40-17-15-20(3)4)27(28(33)29(34)35)21(5)22(6)41-30(36)23-10-8-7-9-11-23/h7-13,18-22,27-28H,14-17,33H2,1-6H3,(H,34,35)/t21?,22?,27?,28-/m0/s1. The van der Waals surface area contributed by atoms with Crippen molar-refractivity contribution >= 4 is 24.2 Å². The Hall–Kier alpha value is -4.12. The van der Waals surface area contributed by atoms with Gasteiger partial charge in [0.05, 0.1) is 18.8 Å². The number of esters is 1. The number of ether oxygens (including phenoxy) is 5. The Bertz CT molecular complexity index is 1210. The van der Waals surface area contributed by atoms with Gasteiger partial charge in [0.2, 0.25) is 0 Å². The molecule has 11 heteroatoms. The number of hydrogen-bond donors (Lipinski definition) is 2. The molecule has 2 aromatic rings. The van der Waals surface area contributed by atoms with Gasteiger partial charge in [0, 0.05) is 11.8 Å². The molecule has 0 radical (unpaired) electrons. The highest BCUT2D eigenvalue weighted by Crippen LogP contribution is 2.37. The van der Waals surface area contributed by atoms with E-state index in [4.69, 9.17) is 29.4 Å². The molecule has 43 heavy (non-hydrogen) atoms. The van der Waals surface area contributed by atoms with Crippen molar-refractivity contribution in [2.24, 2.45) is 23.5 Å². The van der Waals surface area contributed by atoms with Crippen LogP contribution in [0, 0.1) is 17.8 Å². The molecule has 236 valence electrons. The van der Waals surface area contributed by atoms with E-state index in [2.05, 4.69) is 0 Å². The minimum absolute atomic E-state index is 0.109. The van der Waals surface area contributed by atoms with Crippen LogP contribution < -0.4 is 15.2 Å². The van der Waals surface area contributed by atoms with Crippen LogP contribution >= 0.6 is 0 Å². The van der Waals surface area contributed by atoms with E-state index in [9.17, 15) is 24.3 Å². The Morgan fingerprint density at radius 1 is 0.767 bits per heavy atom. The van der Waals surface area contributed by atoms with Crippen molar-refractivity contribution in [3.63, 3.8) is 0 Å². The first-order chi connectivity index (χ1) is 20.3. The van der Waals surface area contributed by atoms with Crippen molar-refractivity contribution in [2.75, 3.05) is 13.2 Å². The van der Waals surface area contributed by atoms with E-state index < -0.39 is 48.2 Å². The number of carboxylic acids is 1. The molecule has 0 spiro atoms. The zero-order valence-corrected chi connectivity index (χ0v) is 25.6. The molecule has 2 rings (SSSR count). The molecule has 11 nitrogen and oxygen atoms in total. The Morgan fingerprint density at radius 2 is 1.30 bits per heavy atom. The Morgan fingerprint density at radius 3 is 1.81 bits per heavy atom. The lowest BCUT2D eigenvalue weighted by Gasteiger charge is -2.31.